The van der Waals surface area contributed by atoms with Gasteiger partial charge in [0.25, 0.3) is 5.56 Å². The van der Waals surface area contributed by atoms with Crippen molar-refractivity contribution < 1.29 is 9.90 Å². The van der Waals surface area contributed by atoms with Gasteiger partial charge in [-0.1, -0.05) is 25.8 Å². The summed E-state index contributed by atoms with van der Waals surface area (Å²) in [6.45, 7) is 2.22. The van der Waals surface area contributed by atoms with Gasteiger partial charge in [0.1, 0.15) is 5.69 Å². The minimum atomic E-state index is -0.716. The second kappa shape index (κ2) is 6.95. The van der Waals surface area contributed by atoms with E-state index in [4.69, 9.17) is 0 Å². The van der Waals surface area contributed by atoms with Gasteiger partial charge in [-0.15, -0.1) is 0 Å². The lowest BCUT2D eigenvalue weighted by atomic mass is 9.80. The van der Waals surface area contributed by atoms with Crippen molar-refractivity contribution >= 4 is 5.78 Å². The number of carbonyl (C=O) groups excluding carboxylic acids is 1. The van der Waals surface area contributed by atoms with Crippen molar-refractivity contribution in [2.24, 2.45) is 11.8 Å². The van der Waals surface area contributed by atoms with Gasteiger partial charge in [0.05, 0.1) is 0 Å². The van der Waals surface area contributed by atoms with Gasteiger partial charge < -0.3 is 10.1 Å². The minimum absolute atomic E-state index is 0.155. The largest absolute Gasteiger partial charge is 0.501 e. The highest BCUT2D eigenvalue weighted by atomic mass is 16.3. The van der Waals surface area contributed by atoms with Crippen LogP contribution in [0.25, 0.3) is 11.5 Å². The van der Waals surface area contributed by atoms with Crippen molar-refractivity contribution in [1.29, 1.82) is 0 Å². The van der Waals surface area contributed by atoms with Crippen LogP contribution in [0.2, 0.25) is 0 Å². The van der Waals surface area contributed by atoms with Crippen molar-refractivity contribution in [3.8, 4) is 17.3 Å². The number of carbonyl (C=O) groups is 1. The van der Waals surface area contributed by atoms with E-state index in [9.17, 15) is 14.7 Å². The van der Waals surface area contributed by atoms with E-state index in [2.05, 4.69) is 21.9 Å². The average Bonchev–Trinajstić information content (AvgIpc) is 2.60. The van der Waals surface area contributed by atoms with Crippen LogP contribution in [0.3, 0.4) is 0 Å². The van der Waals surface area contributed by atoms with E-state index in [-0.39, 0.29) is 17.3 Å². The van der Waals surface area contributed by atoms with Gasteiger partial charge >= 0.3 is 0 Å². The minimum Gasteiger partial charge on any atom is -0.501 e. The standard InChI is InChI=1S/C18H21N3O3/c1-11-5-7-12(8-6-11)10-14(22)15-16(23)18(24)21-17(20-15)13-4-2-3-9-19-13/h2-4,9,11-12,23H,5-8,10H2,1H3,(H,20,21,24). The molecule has 0 aliphatic heterocycles. The second-order valence-corrected chi connectivity index (χ2v) is 6.58. The highest BCUT2D eigenvalue weighted by Crippen LogP contribution is 2.31. The van der Waals surface area contributed by atoms with Gasteiger partial charge in [0, 0.05) is 12.6 Å². The zero-order valence-corrected chi connectivity index (χ0v) is 13.7. The molecule has 0 atom stereocenters. The molecule has 0 aromatic carbocycles. The average molecular weight is 327 g/mol. The molecule has 0 spiro atoms. The van der Waals surface area contributed by atoms with E-state index in [0.29, 0.717) is 24.0 Å². The zero-order chi connectivity index (χ0) is 17.1. The molecule has 2 aromatic rings. The number of hydrogen-bond donors (Lipinski definition) is 2. The Balaban J connectivity index is 1.85. The molecule has 6 heteroatoms. The van der Waals surface area contributed by atoms with Gasteiger partial charge in [0.2, 0.25) is 5.75 Å². The molecule has 2 heterocycles. The molecule has 6 nitrogen and oxygen atoms in total. The van der Waals surface area contributed by atoms with E-state index in [1.54, 1.807) is 24.4 Å². The van der Waals surface area contributed by atoms with Gasteiger partial charge in [-0.3, -0.25) is 14.6 Å². The highest BCUT2D eigenvalue weighted by molar-refractivity contribution is 5.97. The maximum Gasteiger partial charge on any atom is 0.294 e. The number of rotatable bonds is 4. The Bertz CT molecular complexity index is 778. The number of Topliss-reactive ketones (excluding diaryl/α,β-unsaturated/α-hetero) is 1. The smallest absolute Gasteiger partial charge is 0.294 e. The van der Waals surface area contributed by atoms with E-state index in [0.717, 1.165) is 25.7 Å². The van der Waals surface area contributed by atoms with Gasteiger partial charge in [0.15, 0.2) is 17.3 Å². The quantitative estimate of drug-likeness (QED) is 0.842. The van der Waals surface area contributed by atoms with Crippen molar-refractivity contribution in [3.05, 3.63) is 40.4 Å². The van der Waals surface area contributed by atoms with Crippen molar-refractivity contribution in [2.75, 3.05) is 0 Å². The van der Waals surface area contributed by atoms with Gasteiger partial charge in [-0.2, -0.15) is 0 Å². The third-order valence-electron chi connectivity index (χ3n) is 4.68. The Morgan fingerprint density at radius 2 is 2.04 bits per heavy atom. The van der Waals surface area contributed by atoms with Crippen molar-refractivity contribution in [3.63, 3.8) is 0 Å². The maximum atomic E-state index is 12.6. The first kappa shape index (κ1) is 16.4. The molecular formula is C18H21N3O3. The summed E-state index contributed by atoms with van der Waals surface area (Å²) in [6.07, 6.45) is 6.14. The lowest BCUT2D eigenvalue weighted by Crippen LogP contribution is -2.20. The number of aromatic amines is 1. The van der Waals surface area contributed by atoms with Gasteiger partial charge in [-0.05, 0) is 36.8 Å². The predicted molar refractivity (Wildman–Crippen MR) is 89.8 cm³/mol. The van der Waals surface area contributed by atoms with Crippen LogP contribution in [0.15, 0.2) is 29.2 Å². The number of aromatic nitrogens is 3. The molecule has 2 N–H and O–H groups in total. The molecule has 0 saturated heterocycles. The number of pyridine rings is 1. The number of ketones is 1. The third-order valence-corrected chi connectivity index (χ3v) is 4.68. The number of hydrogen-bond acceptors (Lipinski definition) is 5. The van der Waals surface area contributed by atoms with E-state index < -0.39 is 11.3 Å². The summed E-state index contributed by atoms with van der Waals surface area (Å²) in [4.78, 5) is 35.3. The Kier molecular flexibility index (Phi) is 4.74. The first-order valence-electron chi connectivity index (χ1n) is 8.32. The SMILES string of the molecule is CC1CCC(CC(=O)c2nc(-c3ccccn3)[nH]c(=O)c2O)CC1. The Labute approximate surface area is 140 Å². The van der Waals surface area contributed by atoms with Crippen LogP contribution in [0.5, 0.6) is 5.75 Å². The monoisotopic (exact) mass is 327 g/mol. The molecule has 1 aliphatic carbocycles. The first-order chi connectivity index (χ1) is 11.5. The van der Waals surface area contributed by atoms with Crippen LogP contribution in [0.4, 0.5) is 0 Å². The molecule has 126 valence electrons. The van der Waals surface area contributed by atoms with Crippen molar-refractivity contribution in [2.45, 2.75) is 39.0 Å². The zero-order valence-electron chi connectivity index (χ0n) is 13.7. The molecule has 1 aliphatic rings. The fraction of sp³-hybridized carbons (Fsp3) is 0.444. The van der Waals surface area contributed by atoms with Crippen LogP contribution in [0, 0.1) is 11.8 Å². The molecule has 3 rings (SSSR count). The summed E-state index contributed by atoms with van der Waals surface area (Å²) in [5, 5.41) is 9.96. The van der Waals surface area contributed by atoms with E-state index in [1.165, 1.54) is 0 Å². The number of nitrogens with zero attached hydrogens (tertiary/aromatic N) is 2. The molecule has 2 aromatic heterocycles. The predicted octanol–water partition coefficient (Wildman–Crippen LogP) is 2.94. The summed E-state index contributed by atoms with van der Waals surface area (Å²) >= 11 is 0. The van der Waals surface area contributed by atoms with E-state index >= 15 is 0 Å². The molecule has 1 saturated carbocycles. The van der Waals surface area contributed by atoms with Crippen LogP contribution in [-0.2, 0) is 0 Å². The summed E-state index contributed by atoms with van der Waals surface area (Å²) in [5.41, 5.74) is -0.417. The lowest BCUT2D eigenvalue weighted by Gasteiger charge is -2.25. The van der Waals surface area contributed by atoms with Crippen LogP contribution >= 0.6 is 0 Å². The number of aromatic hydroxyl groups is 1. The summed E-state index contributed by atoms with van der Waals surface area (Å²) < 4.78 is 0. The Hall–Kier alpha value is -2.50. The molecular weight excluding hydrogens is 306 g/mol. The summed E-state index contributed by atoms with van der Waals surface area (Å²) in [6, 6.07) is 5.20. The number of H-pyrrole nitrogens is 1. The molecule has 0 amide bonds. The molecule has 0 radical (unpaired) electrons. The Morgan fingerprint density at radius 3 is 2.71 bits per heavy atom. The maximum absolute atomic E-state index is 12.6. The second-order valence-electron chi connectivity index (χ2n) is 6.58. The fourth-order valence-corrected chi connectivity index (χ4v) is 3.18. The topological polar surface area (TPSA) is 95.9 Å². The van der Waals surface area contributed by atoms with Crippen LogP contribution < -0.4 is 5.56 Å². The summed E-state index contributed by atoms with van der Waals surface area (Å²) in [5.74, 6) is 0.309. The number of nitrogens with one attached hydrogen (secondary N) is 1. The van der Waals surface area contributed by atoms with Crippen LogP contribution in [0.1, 0.15) is 49.5 Å². The summed E-state index contributed by atoms with van der Waals surface area (Å²) in [7, 11) is 0. The van der Waals surface area contributed by atoms with Crippen LogP contribution in [-0.4, -0.2) is 25.8 Å². The van der Waals surface area contributed by atoms with Gasteiger partial charge in [-0.25, -0.2) is 4.98 Å². The third kappa shape index (κ3) is 3.53. The Morgan fingerprint density at radius 1 is 1.29 bits per heavy atom. The lowest BCUT2D eigenvalue weighted by molar-refractivity contribution is 0.0936. The van der Waals surface area contributed by atoms with Crippen molar-refractivity contribution in [1.82, 2.24) is 15.0 Å². The normalized spacial score (nSPS) is 20.7. The highest BCUT2D eigenvalue weighted by Gasteiger charge is 2.25. The molecule has 1 fully saturated rings. The molecule has 0 bridgehead atoms. The first-order valence-corrected chi connectivity index (χ1v) is 8.32. The molecule has 0 unspecified atom stereocenters. The molecule has 24 heavy (non-hydrogen) atoms. The fourth-order valence-electron chi connectivity index (χ4n) is 3.18. The van der Waals surface area contributed by atoms with E-state index in [1.807, 2.05) is 0 Å².